The van der Waals surface area contributed by atoms with Gasteiger partial charge in [-0.25, -0.2) is 0 Å². The van der Waals surface area contributed by atoms with Crippen LogP contribution in [-0.4, -0.2) is 22.8 Å². The summed E-state index contributed by atoms with van der Waals surface area (Å²) in [6.07, 6.45) is -0.0537. The van der Waals surface area contributed by atoms with E-state index in [1.54, 1.807) is 7.11 Å². The van der Waals surface area contributed by atoms with Crippen LogP contribution in [0.1, 0.15) is 29.7 Å². The fraction of sp³-hybridized carbons (Fsp3) is 0.192. The lowest BCUT2D eigenvalue weighted by molar-refractivity contribution is -0.136. The Morgan fingerprint density at radius 2 is 1.73 bits per heavy atom. The zero-order chi connectivity index (χ0) is 21.3. The van der Waals surface area contributed by atoms with E-state index in [1.807, 2.05) is 49.4 Å². The maximum atomic E-state index is 11.8. The molecule has 0 fully saturated rings. The molecule has 0 spiro atoms. The van der Waals surface area contributed by atoms with E-state index in [4.69, 9.17) is 4.74 Å². The smallest absolute Gasteiger partial charge is 0.307 e. The molecule has 152 valence electrons. The van der Waals surface area contributed by atoms with Crippen LogP contribution in [0, 0.1) is 6.92 Å². The molecule has 1 N–H and O–H groups in total. The van der Waals surface area contributed by atoms with E-state index in [9.17, 15) is 9.90 Å². The lowest BCUT2D eigenvalue weighted by Crippen LogP contribution is -2.10. The van der Waals surface area contributed by atoms with Crippen LogP contribution in [0.2, 0.25) is 0 Å². The molecule has 0 radical (unpaired) electrons. The van der Waals surface area contributed by atoms with Crippen molar-refractivity contribution in [3.8, 4) is 17.0 Å². The molecule has 1 unspecified atom stereocenters. The summed E-state index contributed by atoms with van der Waals surface area (Å²) in [6, 6.07) is 24.3. The standard InChI is InChI=1S/C26H25NO3/c1-17-13-14-23-21(15-17)22(16-25(28)29)26(20-11-7-8-12-24(20)30-3)27(23)18(2)19-9-5-4-6-10-19/h4-15,18H,16H2,1-3H3,(H,28,29). The molecule has 30 heavy (non-hydrogen) atoms. The van der Waals surface area contributed by atoms with Crippen molar-refractivity contribution in [1.82, 2.24) is 4.57 Å². The molecule has 0 amide bonds. The molecule has 4 aromatic rings. The normalized spacial score (nSPS) is 12.1. The minimum atomic E-state index is -0.848. The highest BCUT2D eigenvalue weighted by atomic mass is 16.5. The number of carboxylic acid groups (broad SMARTS) is 1. The van der Waals surface area contributed by atoms with E-state index < -0.39 is 5.97 Å². The molecule has 0 aliphatic carbocycles. The van der Waals surface area contributed by atoms with Crippen LogP contribution in [0.3, 0.4) is 0 Å². The number of benzene rings is 3. The average molecular weight is 399 g/mol. The summed E-state index contributed by atoms with van der Waals surface area (Å²) >= 11 is 0. The number of nitrogens with zero attached hydrogens (tertiary/aromatic N) is 1. The van der Waals surface area contributed by atoms with Crippen molar-refractivity contribution in [2.45, 2.75) is 26.3 Å². The number of methoxy groups -OCH3 is 1. The van der Waals surface area contributed by atoms with Gasteiger partial charge in [-0.05, 0) is 49.2 Å². The average Bonchev–Trinajstić information content (AvgIpc) is 3.06. The van der Waals surface area contributed by atoms with Gasteiger partial charge in [-0.2, -0.15) is 0 Å². The lowest BCUT2D eigenvalue weighted by atomic mass is 10.0. The molecule has 1 aromatic heterocycles. The van der Waals surface area contributed by atoms with Crippen LogP contribution >= 0.6 is 0 Å². The number of carbonyl (C=O) groups is 1. The molecule has 3 aromatic carbocycles. The first-order valence-corrected chi connectivity index (χ1v) is 10.0. The molecule has 4 heteroatoms. The molecular formula is C26H25NO3. The van der Waals surface area contributed by atoms with Gasteiger partial charge in [0.1, 0.15) is 5.75 Å². The molecule has 0 saturated carbocycles. The zero-order valence-corrected chi connectivity index (χ0v) is 17.4. The largest absolute Gasteiger partial charge is 0.496 e. The predicted molar refractivity (Wildman–Crippen MR) is 120 cm³/mol. The second-order valence-electron chi connectivity index (χ2n) is 7.58. The number of aryl methyl sites for hydroxylation is 1. The summed E-state index contributed by atoms with van der Waals surface area (Å²) in [5.74, 6) is -0.121. The summed E-state index contributed by atoms with van der Waals surface area (Å²) in [5.41, 5.74) is 5.89. The number of hydrogen-bond donors (Lipinski definition) is 1. The van der Waals surface area contributed by atoms with Gasteiger partial charge in [0, 0.05) is 16.5 Å². The van der Waals surface area contributed by atoms with Gasteiger partial charge in [0.2, 0.25) is 0 Å². The van der Waals surface area contributed by atoms with Crippen molar-refractivity contribution < 1.29 is 14.6 Å². The maximum absolute atomic E-state index is 11.8. The highest BCUT2D eigenvalue weighted by Crippen LogP contribution is 2.42. The Kier molecular flexibility index (Phi) is 5.32. The Bertz CT molecular complexity index is 1210. The van der Waals surface area contributed by atoms with E-state index >= 15 is 0 Å². The molecule has 0 aliphatic heterocycles. The number of carboxylic acids is 1. The van der Waals surface area contributed by atoms with Crippen molar-refractivity contribution in [2.75, 3.05) is 7.11 Å². The number of aromatic nitrogens is 1. The molecule has 1 atom stereocenters. The second kappa shape index (κ2) is 8.07. The fourth-order valence-corrected chi connectivity index (χ4v) is 4.24. The number of para-hydroxylation sites is 1. The van der Waals surface area contributed by atoms with E-state index in [2.05, 4.69) is 41.8 Å². The number of ether oxygens (including phenoxy) is 1. The van der Waals surface area contributed by atoms with E-state index in [1.165, 1.54) is 0 Å². The number of hydrogen-bond acceptors (Lipinski definition) is 2. The van der Waals surface area contributed by atoms with E-state index in [0.29, 0.717) is 0 Å². The summed E-state index contributed by atoms with van der Waals surface area (Å²) in [7, 11) is 1.65. The predicted octanol–water partition coefficient (Wildman–Crippen LogP) is 5.86. The minimum Gasteiger partial charge on any atom is -0.496 e. The first kappa shape index (κ1) is 19.8. The zero-order valence-electron chi connectivity index (χ0n) is 17.4. The Labute approximate surface area is 176 Å². The third-order valence-corrected chi connectivity index (χ3v) is 5.62. The van der Waals surface area contributed by atoms with Crippen molar-refractivity contribution in [3.05, 3.63) is 89.5 Å². The highest BCUT2D eigenvalue weighted by molar-refractivity contribution is 5.96. The molecule has 0 saturated heterocycles. The highest BCUT2D eigenvalue weighted by Gasteiger charge is 2.25. The van der Waals surface area contributed by atoms with Crippen LogP contribution in [0.25, 0.3) is 22.2 Å². The fourth-order valence-electron chi connectivity index (χ4n) is 4.24. The summed E-state index contributed by atoms with van der Waals surface area (Å²) in [4.78, 5) is 11.8. The van der Waals surface area contributed by atoms with Gasteiger partial charge >= 0.3 is 5.97 Å². The van der Waals surface area contributed by atoms with Crippen LogP contribution in [-0.2, 0) is 11.2 Å². The van der Waals surface area contributed by atoms with E-state index in [0.717, 1.165) is 44.6 Å². The topological polar surface area (TPSA) is 51.5 Å². The molecule has 0 bridgehead atoms. The van der Waals surface area contributed by atoms with Crippen molar-refractivity contribution in [3.63, 3.8) is 0 Å². The Hall–Kier alpha value is -3.53. The Balaban J connectivity index is 2.12. The monoisotopic (exact) mass is 399 g/mol. The van der Waals surface area contributed by atoms with Crippen molar-refractivity contribution in [1.29, 1.82) is 0 Å². The third kappa shape index (κ3) is 3.45. The number of fused-ring (bicyclic) bond motifs is 1. The maximum Gasteiger partial charge on any atom is 0.307 e. The van der Waals surface area contributed by atoms with Gasteiger partial charge in [-0.15, -0.1) is 0 Å². The van der Waals surface area contributed by atoms with Crippen molar-refractivity contribution >= 4 is 16.9 Å². The van der Waals surface area contributed by atoms with Gasteiger partial charge in [0.15, 0.2) is 0 Å². The number of rotatable bonds is 6. The van der Waals surface area contributed by atoms with Gasteiger partial charge < -0.3 is 14.4 Å². The lowest BCUT2D eigenvalue weighted by Gasteiger charge is -2.21. The quantitative estimate of drug-likeness (QED) is 0.442. The van der Waals surface area contributed by atoms with E-state index in [-0.39, 0.29) is 12.5 Å². The molecule has 4 nitrogen and oxygen atoms in total. The first-order chi connectivity index (χ1) is 14.5. The third-order valence-electron chi connectivity index (χ3n) is 5.62. The molecular weight excluding hydrogens is 374 g/mol. The summed E-state index contributed by atoms with van der Waals surface area (Å²) < 4.78 is 7.91. The van der Waals surface area contributed by atoms with Crippen LogP contribution in [0.5, 0.6) is 5.75 Å². The van der Waals surface area contributed by atoms with Crippen molar-refractivity contribution in [2.24, 2.45) is 0 Å². The first-order valence-electron chi connectivity index (χ1n) is 10.0. The minimum absolute atomic E-state index is 0.0128. The summed E-state index contributed by atoms with van der Waals surface area (Å²) in [6.45, 7) is 4.18. The Morgan fingerprint density at radius 3 is 2.43 bits per heavy atom. The SMILES string of the molecule is COc1ccccc1-c1c(CC(=O)O)c2cc(C)ccc2n1C(C)c1ccccc1. The summed E-state index contributed by atoms with van der Waals surface area (Å²) in [5, 5.41) is 10.7. The second-order valence-corrected chi connectivity index (χ2v) is 7.58. The van der Waals surface area contributed by atoms with Crippen LogP contribution in [0.4, 0.5) is 0 Å². The van der Waals surface area contributed by atoms with Gasteiger partial charge in [-0.3, -0.25) is 4.79 Å². The van der Waals surface area contributed by atoms with Gasteiger partial charge in [0.05, 0.1) is 25.3 Å². The van der Waals surface area contributed by atoms with Crippen LogP contribution in [0.15, 0.2) is 72.8 Å². The molecule has 1 heterocycles. The molecule has 0 aliphatic rings. The van der Waals surface area contributed by atoms with Crippen LogP contribution < -0.4 is 4.74 Å². The molecule has 4 rings (SSSR count). The van der Waals surface area contributed by atoms with Gasteiger partial charge in [0.25, 0.3) is 0 Å². The number of aliphatic carboxylic acids is 1. The van der Waals surface area contributed by atoms with Gasteiger partial charge in [-0.1, -0.05) is 54.1 Å². The Morgan fingerprint density at radius 1 is 1.03 bits per heavy atom.